The van der Waals surface area contributed by atoms with Gasteiger partial charge in [0.05, 0.1) is 4.83 Å². The number of hydrogen-bond acceptors (Lipinski definition) is 1. The van der Waals surface area contributed by atoms with Crippen LogP contribution >= 0.6 is 27.7 Å². The fourth-order valence-corrected chi connectivity index (χ4v) is 3.03. The Morgan fingerprint density at radius 3 is 1.63 bits per heavy atom. The molecule has 0 aliphatic carbocycles. The fourth-order valence-electron chi connectivity index (χ4n) is 2.02. The van der Waals surface area contributed by atoms with Crippen molar-refractivity contribution in [1.29, 1.82) is 0 Å². The number of hydrogen-bond donors (Lipinski definition) is 0. The van der Waals surface area contributed by atoms with Crippen molar-refractivity contribution < 1.29 is 0 Å². The first-order chi connectivity index (χ1) is 9.11. The first-order valence-corrected chi connectivity index (χ1v) is 8.63. The maximum absolute atomic E-state index is 3.80. The first kappa shape index (κ1) is 14.7. The molecule has 1 atom stereocenters. The summed E-state index contributed by atoms with van der Waals surface area (Å²) in [5.41, 5.74) is 4.00. The molecule has 2 aromatic carbocycles. The Kier molecular flexibility index (Phi) is 5.12. The van der Waals surface area contributed by atoms with Crippen LogP contribution in [0, 0.1) is 0 Å². The molecule has 0 amide bonds. The van der Waals surface area contributed by atoms with Crippen LogP contribution in [0.3, 0.4) is 0 Å². The molecule has 0 N–H and O–H groups in total. The van der Waals surface area contributed by atoms with Crippen molar-refractivity contribution in [2.24, 2.45) is 0 Å². The molecule has 0 fully saturated rings. The molecule has 0 aliphatic rings. The van der Waals surface area contributed by atoms with Gasteiger partial charge in [-0.3, -0.25) is 0 Å². The van der Waals surface area contributed by atoms with E-state index in [1.165, 1.54) is 21.6 Å². The number of rotatable bonds is 4. The Morgan fingerprint density at radius 1 is 0.789 bits per heavy atom. The van der Waals surface area contributed by atoms with Crippen molar-refractivity contribution in [3.63, 3.8) is 0 Å². The topological polar surface area (TPSA) is 0 Å². The molecule has 2 aromatic rings. The van der Waals surface area contributed by atoms with Gasteiger partial charge in [0, 0.05) is 4.90 Å². The zero-order valence-corrected chi connectivity index (χ0v) is 14.0. The van der Waals surface area contributed by atoms with E-state index < -0.39 is 0 Å². The van der Waals surface area contributed by atoms with Gasteiger partial charge in [-0.1, -0.05) is 66.2 Å². The minimum Gasteiger partial charge on any atom is -0.130 e. The summed E-state index contributed by atoms with van der Waals surface area (Å²) in [4.78, 5) is 1.57. The largest absolute Gasteiger partial charge is 0.130 e. The van der Waals surface area contributed by atoms with Crippen LogP contribution in [-0.4, -0.2) is 6.26 Å². The van der Waals surface area contributed by atoms with Crippen molar-refractivity contribution >= 4 is 27.7 Å². The van der Waals surface area contributed by atoms with Crippen LogP contribution in [0.15, 0.2) is 53.4 Å². The molecule has 100 valence electrons. The summed E-state index contributed by atoms with van der Waals surface area (Å²) in [6, 6.07) is 17.6. The Hall–Kier alpha value is -0.730. The molecule has 2 heteroatoms. The van der Waals surface area contributed by atoms with E-state index in [2.05, 4.69) is 84.6 Å². The van der Waals surface area contributed by atoms with Crippen LogP contribution in [0.1, 0.15) is 41.3 Å². The first-order valence-electron chi connectivity index (χ1n) is 6.49. The Balaban J connectivity index is 2.20. The molecule has 2 rings (SSSR count). The van der Waals surface area contributed by atoms with E-state index in [0.717, 1.165) is 0 Å². The van der Waals surface area contributed by atoms with Crippen LogP contribution < -0.4 is 0 Å². The molecule has 0 spiro atoms. The number of thioether (sulfide) groups is 1. The smallest absolute Gasteiger partial charge is 0.0644 e. The zero-order chi connectivity index (χ0) is 13.8. The third kappa shape index (κ3) is 3.64. The highest BCUT2D eigenvalue weighted by atomic mass is 79.9. The van der Waals surface area contributed by atoms with E-state index in [1.807, 2.05) is 0 Å². The summed E-state index contributed by atoms with van der Waals surface area (Å²) in [5, 5.41) is 0. The summed E-state index contributed by atoms with van der Waals surface area (Å²) < 4.78 is 0. The van der Waals surface area contributed by atoms with Gasteiger partial charge in [0.15, 0.2) is 0 Å². The molecule has 0 heterocycles. The van der Waals surface area contributed by atoms with Gasteiger partial charge in [0.25, 0.3) is 0 Å². The molecule has 0 saturated carbocycles. The van der Waals surface area contributed by atoms with Crippen molar-refractivity contribution in [2.75, 3.05) is 6.26 Å². The quantitative estimate of drug-likeness (QED) is 0.486. The van der Waals surface area contributed by atoms with Crippen LogP contribution in [-0.2, 0) is 0 Å². The molecule has 0 bridgehead atoms. The normalized spacial score (nSPS) is 12.7. The second-order valence-electron chi connectivity index (χ2n) is 4.96. The van der Waals surface area contributed by atoms with Crippen molar-refractivity contribution in [1.82, 2.24) is 0 Å². The lowest BCUT2D eigenvalue weighted by Crippen LogP contribution is -1.94. The van der Waals surface area contributed by atoms with Gasteiger partial charge in [-0.25, -0.2) is 0 Å². The lowest BCUT2D eigenvalue weighted by atomic mass is 9.99. The zero-order valence-electron chi connectivity index (χ0n) is 11.6. The van der Waals surface area contributed by atoms with Gasteiger partial charge in [-0.05, 0) is 41.0 Å². The molecule has 0 nitrogen and oxygen atoms in total. The van der Waals surface area contributed by atoms with Crippen molar-refractivity contribution in [2.45, 2.75) is 29.5 Å². The van der Waals surface area contributed by atoms with E-state index in [9.17, 15) is 0 Å². The van der Waals surface area contributed by atoms with E-state index in [0.29, 0.717) is 5.92 Å². The minimum atomic E-state index is 0.268. The van der Waals surface area contributed by atoms with Crippen LogP contribution in [0.4, 0.5) is 0 Å². The molecular formula is C17H19BrS. The molecule has 19 heavy (non-hydrogen) atoms. The Morgan fingerprint density at radius 2 is 1.21 bits per heavy atom. The lowest BCUT2D eigenvalue weighted by Gasteiger charge is -2.13. The van der Waals surface area contributed by atoms with E-state index >= 15 is 0 Å². The van der Waals surface area contributed by atoms with Crippen LogP contribution in [0.25, 0.3) is 0 Å². The van der Waals surface area contributed by atoms with Gasteiger partial charge in [0.1, 0.15) is 0 Å². The maximum Gasteiger partial charge on any atom is 0.0644 e. The summed E-state index contributed by atoms with van der Waals surface area (Å²) in [7, 11) is 0. The second kappa shape index (κ2) is 6.62. The average molecular weight is 335 g/mol. The number of benzene rings is 2. The summed E-state index contributed by atoms with van der Waals surface area (Å²) in [6.07, 6.45) is 2.10. The monoisotopic (exact) mass is 334 g/mol. The van der Waals surface area contributed by atoms with Gasteiger partial charge >= 0.3 is 0 Å². The van der Waals surface area contributed by atoms with Crippen molar-refractivity contribution in [3.8, 4) is 0 Å². The van der Waals surface area contributed by atoms with Crippen LogP contribution in [0.2, 0.25) is 0 Å². The standard InChI is InChI=1S/C17H19BrS/c1-12(2)13-4-6-14(7-5-13)17(18)15-8-10-16(19-3)11-9-15/h4-12,17H,1-3H3. The number of halogens is 1. The number of alkyl halides is 1. The average Bonchev–Trinajstić information content (AvgIpc) is 2.46. The highest BCUT2D eigenvalue weighted by molar-refractivity contribution is 9.09. The summed E-state index contributed by atoms with van der Waals surface area (Å²) in [5.74, 6) is 0.587. The Labute approximate surface area is 128 Å². The third-order valence-electron chi connectivity index (χ3n) is 3.30. The summed E-state index contributed by atoms with van der Waals surface area (Å²) in [6.45, 7) is 4.45. The molecule has 0 radical (unpaired) electrons. The summed E-state index contributed by atoms with van der Waals surface area (Å²) >= 11 is 5.57. The lowest BCUT2D eigenvalue weighted by molar-refractivity contribution is 0.865. The van der Waals surface area contributed by atoms with Gasteiger partial charge in [0.2, 0.25) is 0 Å². The third-order valence-corrected chi connectivity index (χ3v) is 5.11. The van der Waals surface area contributed by atoms with Crippen LogP contribution in [0.5, 0.6) is 0 Å². The van der Waals surface area contributed by atoms with Gasteiger partial charge < -0.3 is 0 Å². The van der Waals surface area contributed by atoms with Gasteiger partial charge in [-0.15, -0.1) is 11.8 Å². The van der Waals surface area contributed by atoms with Gasteiger partial charge in [-0.2, -0.15) is 0 Å². The molecule has 0 aliphatic heterocycles. The predicted molar refractivity (Wildman–Crippen MR) is 89.5 cm³/mol. The predicted octanol–water partition coefficient (Wildman–Crippen LogP) is 6.02. The molecular weight excluding hydrogens is 316 g/mol. The SMILES string of the molecule is CSc1ccc(C(Br)c2ccc(C(C)C)cc2)cc1. The Bertz CT molecular complexity index is 514. The van der Waals surface area contributed by atoms with Crippen molar-refractivity contribution in [3.05, 3.63) is 65.2 Å². The molecule has 0 saturated heterocycles. The molecule has 1 unspecified atom stereocenters. The highest BCUT2D eigenvalue weighted by Gasteiger charge is 2.10. The highest BCUT2D eigenvalue weighted by Crippen LogP contribution is 2.32. The van der Waals surface area contributed by atoms with E-state index in [1.54, 1.807) is 11.8 Å². The maximum atomic E-state index is 3.80. The van der Waals surface area contributed by atoms with E-state index in [-0.39, 0.29) is 4.83 Å². The van der Waals surface area contributed by atoms with E-state index in [4.69, 9.17) is 0 Å². The molecule has 0 aromatic heterocycles. The fraction of sp³-hybridized carbons (Fsp3) is 0.294. The second-order valence-corrected chi connectivity index (χ2v) is 6.75. The minimum absolute atomic E-state index is 0.268.